The van der Waals surface area contributed by atoms with Gasteiger partial charge < -0.3 is 4.42 Å². The molecule has 0 saturated heterocycles. The second kappa shape index (κ2) is 5.36. The van der Waals surface area contributed by atoms with Crippen LogP contribution >= 0.6 is 0 Å². The van der Waals surface area contributed by atoms with E-state index in [0.29, 0.717) is 5.89 Å². The van der Waals surface area contributed by atoms with Crippen LogP contribution in [0.1, 0.15) is 11.5 Å². The second-order valence-electron chi connectivity index (χ2n) is 4.18. The monoisotopic (exact) mass is 247 g/mol. The maximum absolute atomic E-state index is 5.44. The molecule has 1 heterocycles. The number of benzene rings is 2. The lowest BCUT2D eigenvalue weighted by molar-refractivity contribution is 0.547. The van der Waals surface area contributed by atoms with Crippen molar-refractivity contribution in [3.8, 4) is 11.3 Å². The molecule has 0 radical (unpaired) electrons. The van der Waals surface area contributed by atoms with Crippen molar-refractivity contribution in [2.75, 3.05) is 0 Å². The first-order valence-electron chi connectivity index (χ1n) is 6.16. The first-order valence-corrected chi connectivity index (χ1v) is 6.16. The van der Waals surface area contributed by atoms with Crippen LogP contribution in [0.4, 0.5) is 0 Å². The predicted octanol–water partition coefficient (Wildman–Crippen LogP) is 4.51. The van der Waals surface area contributed by atoms with E-state index in [2.05, 4.69) is 4.98 Å². The van der Waals surface area contributed by atoms with Crippen LogP contribution < -0.4 is 0 Å². The largest absolute Gasteiger partial charge is 0.444 e. The summed E-state index contributed by atoms with van der Waals surface area (Å²) in [7, 11) is 0. The Balaban J connectivity index is 1.81. The lowest BCUT2D eigenvalue weighted by Crippen LogP contribution is -1.77. The fourth-order valence-corrected chi connectivity index (χ4v) is 1.84. The number of rotatable bonds is 3. The first-order chi connectivity index (χ1) is 9.42. The average molecular weight is 247 g/mol. The van der Waals surface area contributed by atoms with Crippen molar-refractivity contribution < 1.29 is 4.42 Å². The molecule has 0 saturated carbocycles. The molecule has 2 heteroatoms. The number of hydrogen-bond donors (Lipinski definition) is 0. The van der Waals surface area contributed by atoms with E-state index in [4.69, 9.17) is 4.42 Å². The van der Waals surface area contributed by atoms with Crippen LogP contribution in [0.25, 0.3) is 23.4 Å². The lowest BCUT2D eigenvalue weighted by atomic mass is 10.2. The van der Waals surface area contributed by atoms with Crippen molar-refractivity contribution in [1.29, 1.82) is 0 Å². The lowest BCUT2D eigenvalue weighted by Gasteiger charge is -1.92. The number of oxazole rings is 1. The molecule has 0 fully saturated rings. The smallest absolute Gasteiger partial charge is 0.219 e. The molecule has 0 amide bonds. The van der Waals surface area contributed by atoms with E-state index >= 15 is 0 Å². The quantitative estimate of drug-likeness (QED) is 0.680. The van der Waals surface area contributed by atoms with Crippen LogP contribution in [0.15, 0.2) is 71.3 Å². The molecule has 0 aliphatic heterocycles. The molecule has 0 N–H and O–H groups in total. The van der Waals surface area contributed by atoms with Gasteiger partial charge in [0.25, 0.3) is 0 Å². The summed E-state index contributed by atoms with van der Waals surface area (Å²) in [5.41, 5.74) is 3.04. The van der Waals surface area contributed by atoms with Crippen LogP contribution in [-0.2, 0) is 0 Å². The molecule has 2 nitrogen and oxygen atoms in total. The van der Waals surface area contributed by atoms with Crippen LogP contribution in [0.2, 0.25) is 0 Å². The Kier molecular flexibility index (Phi) is 3.24. The highest BCUT2D eigenvalue weighted by Gasteiger charge is 2.02. The second-order valence-corrected chi connectivity index (χ2v) is 4.18. The van der Waals surface area contributed by atoms with E-state index in [0.717, 1.165) is 16.8 Å². The molecule has 0 aliphatic carbocycles. The zero-order valence-corrected chi connectivity index (χ0v) is 10.4. The van der Waals surface area contributed by atoms with Crippen molar-refractivity contribution in [2.24, 2.45) is 0 Å². The van der Waals surface area contributed by atoms with E-state index < -0.39 is 0 Å². The van der Waals surface area contributed by atoms with Gasteiger partial charge in [0.2, 0.25) is 5.89 Å². The normalized spacial score (nSPS) is 10.9. The molecule has 2 aromatic carbocycles. The van der Waals surface area contributed by atoms with Gasteiger partial charge in [-0.1, -0.05) is 60.7 Å². The molecule has 0 atom stereocenters. The minimum atomic E-state index is 0.614. The zero-order chi connectivity index (χ0) is 12.9. The Morgan fingerprint density at radius 3 is 2.21 bits per heavy atom. The highest BCUT2D eigenvalue weighted by molar-refractivity contribution is 5.67. The average Bonchev–Trinajstić information content (AvgIpc) is 2.96. The van der Waals surface area contributed by atoms with Gasteiger partial charge in [0.15, 0.2) is 0 Å². The van der Waals surface area contributed by atoms with Crippen LogP contribution in [0, 0.1) is 0 Å². The first kappa shape index (κ1) is 11.5. The molecule has 92 valence electrons. The number of aromatic nitrogens is 1. The summed E-state index contributed by atoms with van der Waals surface area (Å²) < 4.78 is 5.44. The Labute approximate surface area is 112 Å². The molecule has 0 spiro atoms. The molecule has 3 rings (SSSR count). The van der Waals surface area contributed by atoms with E-state index in [-0.39, 0.29) is 0 Å². The van der Waals surface area contributed by atoms with Gasteiger partial charge in [-0.2, -0.15) is 0 Å². The Bertz CT molecular complexity index is 669. The molecule has 19 heavy (non-hydrogen) atoms. The maximum Gasteiger partial charge on any atom is 0.219 e. The third-order valence-electron chi connectivity index (χ3n) is 2.81. The van der Waals surface area contributed by atoms with Gasteiger partial charge in [0.05, 0.1) is 0 Å². The minimum Gasteiger partial charge on any atom is -0.444 e. The fraction of sp³-hybridized carbons (Fsp3) is 0. The van der Waals surface area contributed by atoms with Crippen molar-refractivity contribution in [1.82, 2.24) is 4.98 Å². The molecule has 3 aromatic rings. The summed E-state index contributed by atoms with van der Waals surface area (Å²) in [5, 5.41) is 0. The van der Waals surface area contributed by atoms with E-state index in [1.54, 1.807) is 6.26 Å². The zero-order valence-electron chi connectivity index (χ0n) is 10.4. The van der Waals surface area contributed by atoms with Gasteiger partial charge in [-0.25, -0.2) is 4.98 Å². The third-order valence-corrected chi connectivity index (χ3v) is 2.81. The summed E-state index contributed by atoms with van der Waals surface area (Å²) in [6, 6.07) is 20.1. The predicted molar refractivity (Wildman–Crippen MR) is 77.3 cm³/mol. The Morgan fingerprint density at radius 2 is 1.47 bits per heavy atom. The minimum absolute atomic E-state index is 0.614. The van der Waals surface area contributed by atoms with E-state index in [9.17, 15) is 0 Å². The highest BCUT2D eigenvalue weighted by atomic mass is 16.3. The standard InChI is InChI=1S/C17H13NO/c1-3-7-14(8-4-1)11-12-17-18-16(13-19-17)15-9-5-2-6-10-15/h1-13H/b12-11+. The van der Waals surface area contributed by atoms with Crippen molar-refractivity contribution in [3.05, 3.63) is 78.4 Å². The van der Waals surface area contributed by atoms with Gasteiger partial charge in [0, 0.05) is 11.6 Å². The topological polar surface area (TPSA) is 26.0 Å². The van der Waals surface area contributed by atoms with E-state index in [1.165, 1.54) is 0 Å². The van der Waals surface area contributed by atoms with Crippen molar-refractivity contribution >= 4 is 12.2 Å². The van der Waals surface area contributed by atoms with Crippen LogP contribution in [0.5, 0.6) is 0 Å². The summed E-state index contributed by atoms with van der Waals surface area (Å²) in [5.74, 6) is 0.614. The van der Waals surface area contributed by atoms with Crippen LogP contribution in [0.3, 0.4) is 0 Å². The molecule has 0 aliphatic rings. The van der Waals surface area contributed by atoms with Gasteiger partial charge in [-0.3, -0.25) is 0 Å². The maximum atomic E-state index is 5.44. The molecular weight excluding hydrogens is 234 g/mol. The Morgan fingerprint density at radius 1 is 0.789 bits per heavy atom. The van der Waals surface area contributed by atoms with Gasteiger partial charge in [0.1, 0.15) is 12.0 Å². The summed E-state index contributed by atoms with van der Waals surface area (Å²) in [6.45, 7) is 0. The van der Waals surface area contributed by atoms with Gasteiger partial charge in [-0.05, 0) is 11.6 Å². The molecule has 0 unspecified atom stereocenters. The highest BCUT2D eigenvalue weighted by Crippen LogP contribution is 2.18. The Hall–Kier alpha value is -2.61. The summed E-state index contributed by atoms with van der Waals surface area (Å²) in [6.07, 6.45) is 5.54. The SMILES string of the molecule is C(=C\c1nc(-c2ccccc2)co1)/c1ccccc1. The fourth-order valence-electron chi connectivity index (χ4n) is 1.84. The summed E-state index contributed by atoms with van der Waals surface area (Å²) >= 11 is 0. The number of hydrogen-bond acceptors (Lipinski definition) is 2. The van der Waals surface area contributed by atoms with Crippen molar-refractivity contribution in [2.45, 2.75) is 0 Å². The third kappa shape index (κ3) is 2.80. The van der Waals surface area contributed by atoms with Crippen molar-refractivity contribution in [3.63, 3.8) is 0 Å². The molecule has 0 bridgehead atoms. The van der Waals surface area contributed by atoms with Crippen LogP contribution in [-0.4, -0.2) is 4.98 Å². The van der Waals surface area contributed by atoms with E-state index in [1.807, 2.05) is 72.8 Å². The molecular formula is C17H13NO. The summed E-state index contributed by atoms with van der Waals surface area (Å²) in [4.78, 5) is 4.44. The molecule has 1 aromatic heterocycles. The number of nitrogens with zero attached hydrogens (tertiary/aromatic N) is 1. The van der Waals surface area contributed by atoms with Gasteiger partial charge in [-0.15, -0.1) is 0 Å². The van der Waals surface area contributed by atoms with Gasteiger partial charge >= 0.3 is 0 Å².